The van der Waals surface area contributed by atoms with Crippen LogP contribution in [0.2, 0.25) is 0 Å². The standard InChI is InChI=1S/C15H22N2O4S/c1-12-3-5-13(6-4-12)11-22(19,20)17-9-7-14(8-10-17)16-15(18)21-2/h3-6,14H,7-11H2,1-2H3,(H,16,18). The quantitative estimate of drug-likeness (QED) is 0.913. The Morgan fingerprint density at radius 2 is 1.86 bits per heavy atom. The third kappa shape index (κ3) is 4.45. The van der Waals surface area contributed by atoms with Crippen molar-refractivity contribution in [1.82, 2.24) is 9.62 Å². The molecule has 22 heavy (non-hydrogen) atoms. The van der Waals surface area contributed by atoms with Gasteiger partial charge in [-0.1, -0.05) is 29.8 Å². The number of methoxy groups -OCH3 is 1. The monoisotopic (exact) mass is 326 g/mol. The molecule has 2 rings (SSSR count). The number of piperidine rings is 1. The lowest BCUT2D eigenvalue weighted by Crippen LogP contribution is -2.46. The Bertz CT molecular complexity index is 605. The Hall–Kier alpha value is -1.60. The van der Waals surface area contributed by atoms with E-state index in [1.165, 1.54) is 11.4 Å². The summed E-state index contributed by atoms with van der Waals surface area (Å²) in [4.78, 5) is 11.2. The average molecular weight is 326 g/mol. The molecule has 1 aliphatic heterocycles. The summed E-state index contributed by atoms with van der Waals surface area (Å²) in [5.74, 6) is 0.0162. The van der Waals surface area contributed by atoms with Gasteiger partial charge in [0.15, 0.2) is 0 Å². The molecule has 1 aliphatic rings. The van der Waals surface area contributed by atoms with Gasteiger partial charge < -0.3 is 10.1 Å². The van der Waals surface area contributed by atoms with Gasteiger partial charge in [-0.15, -0.1) is 0 Å². The summed E-state index contributed by atoms with van der Waals surface area (Å²) in [7, 11) is -2.00. The lowest BCUT2D eigenvalue weighted by Gasteiger charge is -2.31. The van der Waals surface area contributed by atoms with Gasteiger partial charge in [-0.2, -0.15) is 0 Å². The molecule has 1 amide bonds. The van der Waals surface area contributed by atoms with Gasteiger partial charge in [0.1, 0.15) is 0 Å². The van der Waals surface area contributed by atoms with Crippen molar-refractivity contribution in [3.8, 4) is 0 Å². The van der Waals surface area contributed by atoms with Crippen LogP contribution in [-0.2, 0) is 20.5 Å². The summed E-state index contributed by atoms with van der Waals surface area (Å²) in [6.07, 6.45) is 0.728. The van der Waals surface area contributed by atoms with Crippen LogP contribution in [0, 0.1) is 6.92 Å². The number of alkyl carbamates (subject to hydrolysis) is 1. The van der Waals surface area contributed by atoms with Gasteiger partial charge in [0.05, 0.1) is 12.9 Å². The lowest BCUT2D eigenvalue weighted by atomic mass is 10.1. The van der Waals surface area contributed by atoms with E-state index in [0.717, 1.165) is 11.1 Å². The molecule has 1 fully saturated rings. The molecule has 1 heterocycles. The molecule has 0 radical (unpaired) electrons. The summed E-state index contributed by atoms with van der Waals surface area (Å²) >= 11 is 0. The average Bonchev–Trinajstić information content (AvgIpc) is 2.50. The number of aryl methyl sites for hydroxylation is 1. The molecule has 122 valence electrons. The fourth-order valence-corrected chi connectivity index (χ4v) is 4.05. The molecule has 0 unspecified atom stereocenters. The van der Waals surface area contributed by atoms with Gasteiger partial charge in [0, 0.05) is 19.1 Å². The highest BCUT2D eigenvalue weighted by molar-refractivity contribution is 7.88. The highest BCUT2D eigenvalue weighted by atomic mass is 32.2. The number of ether oxygens (including phenoxy) is 1. The lowest BCUT2D eigenvalue weighted by molar-refractivity contribution is 0.161. The Kier molecular flexibility index (Phi) is 5.42. The Morgan fingerprint density at radius 3 is 2.41 bits per heavy atom. The van der Waals surface area contributed by atoms with E-state index in [-0.39, 0.29) is 11.8 Å². The first-order valence-corrected chi connectivity index (χ1v) is 8.89. The molecule has 0 aromatic heterocycles. The van der Waals surface area contributed by atoms with Crippen molar-refractivity contribution in [1.29, 1.82) is 0 Å². The van der Waals surface area contributed by atoms with Gasteiger partial charge in [-0.3, -0.25) is 0 Å². The number of amides is 1. The first kappa shape index (κ1) is 16.8. The zero-order chi connectivity index (χ0) is 16.2. The van der Waals surface area contributed by atoms with Crippen LogP contribution in [0.1, 0.15) is 24.0 Å². The number of benzene rings is 1. The summed E-state index contributed by atoms with van der Waals surface area (Å²) < 4.78 is 30.9. The fourth-order valence-electron chi connectivity index (χ4n) is 2.49. The number of hydrogen-bond donors (Lipinski definition) is 1. The van der Waals surface area contributed by atoms with Gasteiger partial charge in [0.2, 0.25) is 10.0 Å². The Balaban J connectivity index is 1.92. The van der Waals surface area contributed by atoms with Crippen LogP contribution < -0.4 is 5.32 Å². The van der Waals surface area contributed by atoms with Gasteiger partial charge in [-0.05, 0) is 25.3 Å². The minimum Gasteiger partial charge on any atom is -0.453 e. The maximum atomic E-state index is 12.4. The van der Waals surface area contributed by atoms with Gasteiger partial charge in [0.25, 0.3) is 0 Å². The molecule has 6 nitrogen and oxygen atoms in total. The third-order valence-electron chi connectivity index (χ3n) is 3.82. The van der Waals surface area contributed by atoms with E-state index in [0.29, 0.717) is 25.9 Å². The van der Waals surface area contributed by atoms with Crippen molar-refractivity contribution < 1.29 is 17.9 Å². The molecule has 0 bridgehead atoms. The predicted octanol–water partition coefficient (Wildman–Crippen LogP) is 1.65. The maximum absolute atomic E-state index is 12.4. The van der Waals surface area contributed by atoms with Gasteiger partial charge in [-0.25, -0.2) is 17.5 Å². The molecular formula is C15H22N2O4S. The van der Waals surface area contributed by atoms with Crippen LogP contribution in [0.15, 0.2) is 24.3 Å². The first-order chi connectivity index (χ1) is 10.4. The van der Waals surface area contributed by atoms with Crippen LogP contribution in [0.5, 0.6) is 0 Å². The van der Waals surface area contributed by atoms with E-state index in [2.05, 4.69) is 10.1 Å². The molecule has 1 aromatic carbocycles. The minimum absolute atomic E-state index is 0.0162. The molecule has 0 spiro atoms. The van der Waals surface area contributed by atoms with Crippen molar-refractivity contribution in [3.05, 3.63) is 35.4 Å². The molecule has 1 saturated heterocycles. The molecule has 1 aromatic rings. The largest absolute Gasteiger partial charge is 0.453 e. The number of nitrogens with zero attached hydrogens (tertiary/aromatic N) is 1. The Morgan fingerprint density at radius 1 is 1.27 bits per heavy atom. The van der Waals surface area contributed by atoms with E-state index in [1.807, 2.05) is 31.2 Å². The SMILES string of the molecule is COC(=O)NC1CCN(S(=O)(=O)Cc2ccc(C)cc2)CC1. The topological polar surface area (TPSA) is 75.7 Å². The number of nitrogens with one attached hydrogen (secondary N) is 1. The highest BCUT2D eigenvalue weighted by Gasteiger charge is 2.28. The maximum Gasteiger partial charge on any atom is 0.407 e. The van der Waals surface area contributed by atoms with E-state index in [1.54, 1.807) is 0 Å². The van der Waals surface area contributed by atoms with Crippen LogP contribution in [0.25, 0.3) is 0 Å². The van der Waals surface area contributed by atoms with Crippen molar-refractivity contribution in [2.45, 2.75) is 31.6 Å². The Labute approximate surface area is 131 Å². The predicted molar refractivity (Wildman–Crippen MR) is 83.9 cm³/mol. The number of sulfonamides is 1. The summed E-state index contributed by atoms with van der Waals surface area (Å²) in [5, 5.41) is 2.71. The van der Waals surface area contributed by atoms with Crippen LogP contribution >= 0.6 is 0 Å². The number of rotatable bonds is 4. The first-order valence-electron chi connectivity index (χ1n) is 7.28. The van der Waals surface area contributed by atoms with Crippen LogP contribution in [-0.4, -0.2) is 45.1 Å². The van der Waals surface area contributed by atoms with E-state index < -0.39 is 16.1 Å². The zero-order valence-electron chi connectivity index (χ0n) is 12.9. The summed E-state index contributed by atoms with van der Waals surface area (Å²) in [6.45, 7) is 2.81. The van der Waals surface area contributed by atoms with Gasteiger partial charge >= 0.3 is 6.09 Å². The van der Waals surface area contributed by atoms with Crippen molar-refractivity contribution in [2.75, 3.05) is 20.2 Å². The fraction of sp³-hybridized carbons (Fsp3) is 0.533. The summed E-state index contributed by atoms with van der Waals surface area (Å²) in [6, 6.07) is 7.49. The second-order valence-corrected chi connectivity index (χ2v) is 7.52. The normalized spacial score (nSPS) is 17.2. The second-order valence-electron chi connectivity index (χ2n) is 5.55. The third-order valence-corrected chi connectivity index (χ3v) is 5.67. The van der Waals surface area contributed by atoms with E-state index >= 15 is 0 Å². The van der Waals surface area contributed by atoms with E-state index in [9.17, 15) is 13.2 Å². The van der Waals surface area contributed by atoms with Crippen molar-refractivity contribution >= 4 is 16.1 Å². The van der Waals surface area contributed by atoms with Crippen LogP contribution in [0.3, 0.4) is 0 Å². The zero-order valence-corrected chi connectivity index (χ0v) is 13.7. The number of hydrogen-bond acceptors (Lipinski definition) is 4. The highest BCUT2D eigenvalue weighted by Crippen LogP contribution is 2.18. The molecule has 0 atom stereocenters. The molecule has 0 saturated carbocycles. The second kappa shape index (κ2) is 7.11. The van der Waals surface area contributed by atoms with E-state index in [4.69, 9.17) is 0 Å². The number of carbonyl (C=O) groups excluding carboxylic acids is 1. The number of carbonyl (C=O) groups is 1. The smallest absolute Gasteiger partial charge is 0.407 e. The molecule has 7 heteroatoms. The molecular weight excluding hydrogens is 304 g/mol. The van der Waals surface area contributed by atoms with Crippen molar-refractivity contribution in [2.24, 2.45) is 0 Å². The van der Waals surface area contributed by atoms with Crippen molar-refractivity contribution in [3.63, 3.8) is 0 Å². The minimum atomic E-state index is -3.32. The molecule has 0 aliphatic carbocycles. The van der Waals surface area contributed by atoms with Crippen LogP contribution in [0.4, 0.5) is 4.79 Å². The summed E-state index contributed by atoms with van der Waals surface area (Å²) in [5.41, 5.74) is 1.90. The molecule has 1 N–H and O–H groups in total.